The van der Waals surface area contributed by atoms with E-state index in [1.807, 2.05) is 0 Å². The molecule has 4 rings (SSSR count). The minimum absolute atomic E-state index is 0.0537. The van der Waals surface area contributed by atoms with Gasteiger partial charge in [0.05, 0.1) is 24.8 Å². The Balaban J connectivity index is 1.63. The van der Waals surface area contributed by atoms with E-state index in [0.29, 0.717) is 22.4 Å². The number of pyridine rings is 2. The summed E-state index contributed by atoms with van der Waals surface area (Å²) in [6.07, 6.45) is 4.25. The number of nitrogens with zero attached hydrogens (tertiary/aromatic N) is 2. The maximum absolute atomic E-state index is 14.8. The van der Waals surface area contributed by atoms with Crippen LogP contribution in [0.15, 0.2) is 61.1 Å². The molecule has 10 heteroatoms. The lowest BCUT2D eigenvalue weighted by molar-refractivity contribution is 0.102. The minimum Gasteiger partial charge on any atom is -0.493 e. The normalized spacial score (nSPS) is 10.7. The fourth-order valence-electron chi connectivity index (χ4n) is 3.19. The smallest absolute Gasteiger partial charge is 0.257 e. The Bertz CT molecular complexity index is 1310. The van der Waals surface area contributed by atoms with Crippen LogP contribution < -0.4 is 19.5 Å². The van der Waals surface area contributed by atoms with Crippen molar-refractivity contribution in [2.75, 3.05) is 25.6 Å². The minimum atomic E-state index is -1.01. The van der Waals surface area contributed by atoms with E-state index < -0.39 is 23.3 Å². The molecule has 2 aromatic heterocycles. The summed E-state index contributed by atoms with van der Waals surface area (Å²) < 4.78 is 45.9. The van der Waals surface area contributed by atoms with Crippen molar-refractivity contribution < 1.29 is 32.9 Å². The van der Waals surface area contributed by atoms with Crippen LogP contribution in [-0.4, -0.2) is 41.3 Å². The van der Waals surface area contributed by atoms with E-state index in [-0.39, 0.29) is 30.2 Å². The van der Waals surface area contributed by atoms with Crippen molar-refractivity contribution in [3.63, 3.8) is 0 Å². The molecule has 174 valence electrons. The first-order valence-corrected chi connectivity index (χ1v) is 10.1. The van der Waals surface area contributed by atoms with E-state index in [2.05, 4.69) is 15.3 Å². The third-order valence-corrected chi connectivity index (χ3v) is 4.73. The van der Waals surface area contributed by atoms with Gasteiger partial charge in [0.25, 0.3) is 5.91 Å². The van der Waals surface area contributed by atoms with Crippen LogP contribution in [0.2, 0.25) is 0 Å². The number of anilines is 1. The van der Waals surface area contributed by atoms with Gasteiger partial charge in [0.2, 0.25) is 0 Å². The Labute approximate surface area is 192 Å². The van der Waals surface area contributed by atoms with Gasteiger partial charge in [0.15, 0.2) is 28.9 Å². The van der Waals surface area contributed by atoms with E-state index in [9.17, 15) is 13.6 Å². The van der Waals surface area contributed by atoms with Gasteiger partial charge in [-0.05, 0) is 24.3 Å². The van der Waals surface area contributed by atoms with Gasteiger partial charge in [0.1, 0.15) is 12.4 Å². The predicted molar refractivity (Wildman–Crippen MR) is 119 cm³/mol. The quantitative estimate of drug-likeness (QED) is 0.398. The first-order chi connectivity index (χ1) is 16.5. The summed E-state index contributed by atoms with van der Waals surface area (Å²) >= 11 is 0. The maximum atomic E-state index is 14.8. The molecule has 4 aromatic rings. The molecule has 0 fully saturated rings. The number of fused-ring (bicyclic) bond motifs is 1. The molecule has 0 aliphatic carbocycles. The molecule has 2 N–H and O–H groups in total. The number of carbonyl (C=O) groups is 1. The van der Waals surface area contributed by atoms with E-state index in [4.69, 9.17) is 19.3 Å². The molecule has 0 saturated carbocycles. The van der Waals surface area contributed by atoms with Crippen molar-refractivity contribution in [3.05, 3.63) is 78.3 Å². The summed E-state index contributed by atoms with van der Waals surface area (Å²) in [6.45, 7) is -0.132. The van der Waals surface area contributed by atoms with Crippen LogP contribution in [0.5, 0.6) is 23.0 Å². The second-order valence-electron chi connectivity index (χ2n) is 6.97. The van der Waals surface area contributed by atoms with Crippen LogP contribution >= 0.6 is 0 Å². The van der Waals surface area contributed by atoms with E-state index >= 15 is 0 Å². The molecule has 0 unspecified atom stereocenters. The lowest BCUT2D eigenvalue weighted by Crippen LogP contribution is -2.12. The summed E-state index contributed by atoms with van der Waals surface area (Å²) in [7, 11) is 1.43. The highest BCUT2D eigenvalue weighted by molar-refractivity contribution is 6.04. The molecular weight excluding hydrogens is 448 g/mol. The van der Waals surface area contributed by atoms with Gasteiger partial charge in [-0.3, -0.25) is 14.8 Å². The summed E-state index contributed by atoms with van der Waals surface area (Å²) in [6, 6.07) is 9.59. The number of methoxy groups -OCH3 is 1. The summed E-state index contributed by atoms with van der Waals surface area (Å²) in [5, 5.41) is 11.8. The van der Waals surface area contributed by atoms with Crippen LogP contribution in [0, 0.1) is 11.6 Å². The third kappa shape index (κ3) is 4.86. The Morgan fingerprint density at radius 2 is 1.85 bits per heavy atom. The van der Waals surface area contributed by atoms with E-state index in [0.717, 1.165) is 12.1 Å². The summed E-state index contributed by atoms with van der Waals surface area (Å²) in [5.41, 5.74) is 0.582. The van der Waals surface area contributed by atoms with E-state index in [1.165, 1.54) is 37.8 Å². The van der Waals surface area contributed by atoms with Gasteiger partial charge in [0, 0.05) is 47.9 Å². The van der Waals surface area contributed by atoms with Gasteiger partial charge >= 0.3 is 0 Å². The number of aliphatic hydroxyl groups is 1. The van der Waals surface area contributed by atoms with Crippen molar-refractivity contribution >= 4 is 22.5 Å². The van der Waals surface area contributed by atoms with Crippen LogP contribution in [0.4, 0.5) is 14.5 Å². The fraction of sp³-hybridized carbons (Fsp3) is 0.125. The number of carbonyl (C=O) groups excluding carboxylic acids is 1. The number of aliphatic hydroxyl groups excluding tert-OH is 1. The SMILES string of the molecule is COc1cc2c(Oc3c(F)cc(NC(=O)c4cccnc4)cc3F)ccnc2cc1OCCO. The standard InChI is InChI=1S/C24H19F2N3O5/c1-32-21-11-16-19(12-22(21)33-8-7-30)28-6-4-20(16)34-23-17(25)9-15(10-18(23)26)29-24(31)14-3-2-5-27-13-14/h2-6,9-13,30H,7-8H2,1H3,(H,29,31). The number of ether oxygens (including phenoxy) is 3. The fourth-order valence-corrected chi connectivity index (χ4v) is 3.19. The number of hydrogen-bond acceptors (Lipinski definition) is 7. The largest absolute Gasteiger partial charge is 0.493 e. The Morgan fingerprint density at radius 1 is 1.06 bits per heavy atom. The first kappa shape index (κ1) is 22.9. The Morgan fingerprint density at radius 3 is 2.53 bits per heavy atom. The molecule has 0 radical (unpaired) electrons. The van der Waals surface area contributed by atoms with Crippen LogP contribution in [0.1, 0.15) is 10.4 Å². The average Bonchev–Trinajstić information content (AvgIpc) is 2.85. The van der Waals surface area contributed by atoms with Gasteiger partial charge in [-0.15, -0.1) is 0 Å². The Hall–Kier alpha value is -4.31. The number of nitrogens with one attached hydrogen (secondary N) is 1. The molecule has 0 bridgehead atoms. The Kier molecular flexibility index (Phi) is 6.79. The zero-order valence-electron chi connectivity index (χ0n) is 17.9. The number of benzene rings is 2. The number of rotatable bonds is 8. The molecule has 0 saturated heterocycles. The average molecular weight is 467 g/mol. The molecule has 0 aliphatic rings. The third-order valence-electron chi connectivity index (χ3n) is 4.73. The molecule has 8 nitrogen and oxygen atoms in total. The van der Waals surface area contributed by atoms with Crippen molar-refractivity contribution in [2.24, 2.45) is 0 Å². The highest BCUT2D eigenvalue weighted by Crippen LogP contribution is 2.38. The molecule has 2 aromatic carbocycles. The topological polar surface area (TPSA) is 103 Å². The molecule has 0 aliphatic heterocycles. The molecule has 0 atom stereocenters. The van der Waals surface area contributed by atoms with E-state index in [1.54, 1.807) is 18.2 Å². The second kappa shape index (κ2) is 10.1. The van der Waals surface area contributed by atoms with Crippen LogP contribution in [0.25, 0.3) is 10.9 Å². The van der Waals surface area contributed by atoms with Gasteiger partial charge in [-0.25, -0.2) is 8.78 Å². The van der Waals surface area contributed by atoms with Crippen molar-refractivity contribution in [1.82, 2.24) is 9.97 Å². The van der Waals surface area contributed by atoms with Crippen molar-refractivity contribution in [3.8, 4) is 23.0 Å². The number of amides is 1. The highest BCUT2D eigenvalue weighted by atomic mass is 19.1. The number of aromatic nitrogens is 2. The van der Waals surface area contributed by atoms with Crippen LogP contribution in [-0.2, 0) is 0 Å². The second-order valence-corrected chi connectivity index (χ2v) is 6.97. The monoisotopic (exact) mass is 467 g/mol. The van der Waals surface area contributed by atoms with Crippen molar-refractivity contribution in [2.45, 2.75) is 0 Å². The highest BCUT2D eigenvalue weighted by Gasteiger charge is 2.18. The molecule has 1 amide bonds. The molecule has 34 heavy (non-hydrogen) atoms. The molecular formula is C24H19F2N3O5. The summed E-state index contributed by atoms with van der Waals surface area (Å²) in [4.78, 5) is 20.3. The van der Waals surface area contributed by atoms with Gasteiger partial charge in [-0.1, -0.05) is 0 Å². The predicted octanol–water partition coefficient (Wildman–Crippen LogP) is 4.33. The van der Waals surface area contributed by atoms with Gasteiger partial charge in [-0.2, -0.15) is 0 Å². The zero-order chi connectivity index (χ0) is 24.1. The molecule has 2 heterocycles. The van der Waals surface area contributed by atoms with Gasteiger partial charge < -0.3 is 24.6 Å². The molecule has 0 spiro atoms. The lowest BCUT2D eigenvalue weighted by Gasteiger charge is -2.14. The lowest BCUT2D eigenvalue weighted by atomic mass is 10.1. The zero-order valence-corrected chi connectivity index (χ0v) is 17.9. The maximum Gasteiger partial charge on any atom is 0.257 e. The van der Waals surface area contributed by atoms with Crippen LogP contribution in [0.3, 0.4) is 0 Å². The number of hydrogen-bond donors (Lipinski definition) is 2. The first-order valence-electron chi connectivity index (χ1n) is 10.1. The summed E-state index contributed by atoms with van der Waals surface area (Å²) in [5.74, 6) is -2.43. The van der Waals surface area contributed by atoms with Crippen molar-refractivity contribution in [1.29, 1.82) is 0 Å². The number of halogens is 2.